The second-order valence-corrected chi connectivity index (χ2v) is 4.83. The number of hydrogen-bond donors (Lipinski definition) is 7. The first-order valence-corrected chi connectivity index (χ1v) is 6.50. The molecule has 0 spiro atoms. The van der Waals surface area contributed by atoms with Crippen molar-refractivity contribution in [1.29, 1.82) is 0 Å². The second-order valence-electron chi connectivity index (χ2n) is 4.83. The first-order chi connectivity index (χ1) is 9.40. The molecule has 7 atom stereocenters. The number of nitrogens with two attached hydrogens (primary N) is 2. The highest BCUT2D eigenvalue weighted by Gasteiger charge is 2.41. The molecule has 0 bridgehead atoms. The molecule has 9 N–H and O–H groups in total. The summed E-state index contributed by atoms with van der Waals surface area (Å²) < 4.78 is 9.64. The molecule has 0 aromatic carbocycles. The SMILES string of the molecule is NC[C@@H]1O[C@H](O)[C@H](N)C(O)[C@@H]1O.OCC1CCC(O)O1. The highest BCUT2D eigenvalue weighted by atomic mass is 16.6. The van der Waals surface area contributed by atoms with Crippen molar-refractivity contribution in [1.82, 2.24) is 0 Å². The van der Waals surface area contributed by atoms with Gasteiger partial charge in [-0.05, 0) is 6.42 Å². The predicted molar refractivity (Wildman–Crippen MR) is 67.1 cm³/mol. The fourth-order valence-electron chi connectivity index (χ4n) is 1.98. The van der Waals surface area contributed by atoms with E-state index >= 15 is 0 Å². The van der Waals surface area contributed by atoms with Gasteiger partial charge in [-0.25, -0.2) is 0 Å². The molecule has 2 rings (SSSR count). The summed E-state index contributed by atoms with van der Waals surface area (Å²) >= 11 is 0. The Hall–Kier alpha value is -0.360. The molecule has 0 saturated carbocycles. The van der Waals surface area contributed by atoms with E-state index < -0.39 is 36.9 Å². The van der Waals surface area contributed by atoms with Gasteiger partial charge in [-0.1, -0.05) is 0 Å². The molecule has 2 aliphatic heterocycles. The average Bonchev–Trinajstić information content (AvgIpc) is 2.87. The van der Waals surface area contributed by atoms with Crippen molar-refractivity contribution in [3.63, 3.8) is 0 Å². The van der Waals surface area contributed by atoms with Crippen molar-refractivity contribution >= 4 is 0 Å². The number of hydrogen-bond acceptors (Lipinski definition) is 9. The molecule has 3 unspecified atom stereocenters. The Labute approximate surface area is 116 Å². The summed E-state index contributed by atoms with van der Waals surface area (Å²) in [5.41, 5.74) is 10.5. The van der Waals surface area contributed by atoms with E-state index in [0.29, 0.717) is 6.42 Å². The summed E-state index contributed by atoms with van der Waals surface area (Å²) in [6.07, 6.45) is -3.66. The molecule has 0 amide bonds. The van der Waals surface area contributed by atoms with Gasteiger partial charge >= 0.3 is 0 Å². The Kier molecular flexibility index (Phi) is 7.23. The van der Waals surface area contributed by atoms with E-state index in [1.54, 1.807) is 0 Å². The van der Waals surface area contributed by atoms with Crippen LogP contribution in [0.25, 0.3) is 0 Å². The summed E-state index contributed by atoms with van der Waals surface area (Å²) in [5.74, 6) is 0. The molecule has 20 heavy (non-hydrogen) atoms. The van der Waals surface area contributed by atoms with Crippen LogP contribution < -0.4 is 11.5 Å². The van der Waals surface area contributed by atoms with Gasteiger partial charge in [-0.15, -0.1) is 0 Å². The molecule has 2 heterocycles. The van der Waals surface area contributed by atoms with Crippen molar-refractivity contribution in [2.45, 2.75) is 55.9 Å². The fraction of sp³-hybridized carbons (Fsp3) is 1.00. The maximum atomic E-state index is 9.28. The monoisotopic (exact) mass is 296 g/mol. The van der Waals surface area contributed by atoms with Gasteiger partial charge < -0.3 is 46.5 Å². The van der Waals surface area contributed by atoms with Crippen LogP contribution in [-0.2, 0) is 9.47 Å². The van der Waals surface area contributed by atoms with Crippen LogP contribution in [0.2, 0.25) is 0 Å². The van der Waals surface area contributed by atoms with Crippen molar-refractivity contribution in [2.75, 3.05) is 13.2 Å². The van der Waals surface area contributed by atoms with Crippen LogP contribution in [0.15, 0.2) is 0 Å². The summed E-state index contributed by atoms with van der Waals surface area (Å²) in [6, 6.07) is -0.984. The van der Waals surface area contributed by atoms with Crippen LogP contribution in [0.5, 0.6) is 0 Å². The molecule has 0 aromatic heterocycles. The van der Waals surface area contributed by atoms with Gasteiger partial charge in [0, 0.05) is 13.0 Å². The van der Waals surface area contributed by atoms with E-state index in [4.69, 9.17) is 36.3 Å². The summed E-state index contributed by atoms with van der Waals surface area (Å²) in [7, 11) is 0. The first kappa shape index (κ1) is 17.7. The standard InChI is InChI=1S/C6H14N2O4.C5H10O3/c7-1-2-4(9)5(10)3(8)6(11)12-2;6-3-4-1-2-5(7)8-4/h2-6,9-11H,1,7-8H2;4-7H,1-3H2/t2-,3+,4+,5?,6-;/m0./s1. The van der Waals surface area contributed by atoms with E-state index in [0.717, 1.165) is 6.42 Å². The van der Waals surface area contributed by atoms with Crippen LogP contribution in [0.3, 0.4) is 0 Å². The number of ether oxygens (including phenoxy) is 2. The fourth-order valence-corrected chi connectivity index (χ4v) is 1.98. The zero-order chi connectivity index (χ0) is 15.3. The summed E-state index contributed by atoms with van der Waals surface area (Å²) in [5, 5.41) is 44.8. The smallest absolute Gasteiger partial charge is 0.172 e. The van der Waals surface area contributed by atoms with Crippen LogP contribution >= 0.6 is 0 Å². The van der Waals surface area contributed by atoms with E-state index in [-0.39, 0.29) is 19.3 Å². The number of aliphatic hydroxyl groups excluding tert-OH is 5. The largest absolute Gasteiger partial charge is 0.394 e. The maximum Gasteiger partial charge on any atom is 0.172 e. The number of aliphatic hydroxyl groups is 5. The highest BCUT2D eigenvalue weighted by molar-refractivity contribution is 4.91. The lowest BCUT2D eigenvalue weighted by atomic mass is 9.98. The molecule has 0 aromatic rings. The molecular formula is C11H24N2O7. The third kappa shape index (κ3) is 4.58. The van der Waals surface area contributed by atoms with E-state index in [2.05, 4.69) is 0 Å². The van der Waals surface area contributed by atoms with Crippen molar-refractivity contribution in [3.05, 3.63) is 0 Å². The average molecular weight is 296 g/mol. The van der Waals surface area contributed by atoms with Gasteiger partial charge in [0.05, 0.1) is 18.8 Å². The van der Waals surface area contributed by atoms with Crippen molar-refractivity contribution in [2.24, 2.45) is 11.5 Å². The molecule has 9 heteroatoms. The Balaban J connectivity index is 0.000000217. The van der Waals surface area contributed by atoms with Crippen LogP contribution in [0.1, 0.15) is 12.8 Å². The van der Waals surface area contributed by atoms with E-state index in [1.165, 1.54) is 0 Å². The maximum absolute atomic E-state index is 9.28. The van der Waals surface area contributed by atoms with E-state index in [1.807, 2.05) is 0 Å². The predicted octanol–water partition coefficient (Wildman–Crippen LogP) is -3.81. The van der Waals surface area contributed by atoms with Gasteiger partial charge in [0.25, 0.3) is 0 Å². The molecule has 0 radical (unpaired) electrons. The lowest BCUT2D eigenvalue weighted by Gasteiger charge is -2.38. The van der Waals surface area contributed by atoms with Gasteiger partial charge in [0.2, 0.25) is 0 Å². The molecular weight excluding hydrogens is 272 g/mol. The molecule has 2 fully saturated rings. The summed E-state index contributed by atoms with van der Waals surface area (Å²) in [4.78, 5) is 0. The quantitative estimate of drug-likeness (QED) is 0.269. The van der Waals surface area contributed by atoms with Gasteiger partial charge in [0.1, 0.15) is 18.3 Å². The minimum absolute atomic E-state index is 0.0249. The third-order valence-electron chi connectivity index (χ3n) is 3.29. The zero-order valence-corrected chi connectivity index (χ0v) is 11.1. The van der Waals surface area contributed by atoms with Crippen LogP contribution in [0, 0.1) is 0 Å². The Bertz CT molecular complexity index is 279. The van der Waals surface area contributed by atoms with Crippen LogP contribution in [0.4, 0.5) is 0 Å². The number of rotatable bonds is 2. The van der Waals surface area contributed by atoms with Crippen molar-refractivity contribution < 1.29 is 35.0 Å². The first-order valence-electron chi connectivity index (χ1n) is 6.50. The topological polar surface area (TPSA) is 172 Å². The molecule has 9 nitrogen and oxygen atoms in total. The Morgan fingerprint density at radius 2 is 1.65 bits per heavy atom. The molecule has 120 valence electrons. The minimum atomic E-state index is -1.27. The van der Waals surface area contributed by atoms with Gasteiger partial charge in [0.15, 0.2) is 12.6 Å². The molecule has 2 saturated heterocycles. The summed E-state index contributed by atoms with van der Waals surface area (Å²) in [6.45, 7) is 0.0546. The molecule has 0 aliphatic carbocycles. The van der Waals surface area contributed by atoms with Gasteiger partial charge in [-0.2, -0.15) is 0 Å². The van der Waals surface area contributed by atoms with Gasteiger partial charge in [-0.3, -0.25) is 0 Å². The lowest BCUT2D eigenvalue weighted by molar-refractivity contribution is -0.238. The second kappa shape index (κ2) is 8.17. The Morgan fingerprint density at radius 1 is 1.00 bits per heavy atom. The third-order valence-corrected chi connectivity index (χ3v) is 3.29. The van der Waals surface area contributed by atoms with Crippen LogP contribution in [-0.4, -0.2) is 81.7 Å². The highest BCUT2D eigenvalue weighted by Crippen LogP contribution is 2.17. The van der Waals surface area contributed by atoms with Crippen molar-refractivity contribution in [3.8, 4) is 0 Å². The molecule has 2 aliphatic rings. The van der Waals surface area contributed by atoms with E-state index in [9.17, 15) is 10.2 Å². The zero-order valence-electron chi connectivity index (χ0n) is 11.1. The lowest BCUT2D eigenvalue weighted by Crippen LogP contribution is -2.62. The Morgan fingerprint density at radius 3 is 2.05 bits per heavy atom. The normalized spacial score (nSPS) is 44.9. The minimum Gasteiger partial charge on any atom is -0.394 e.